The van der Waals surface area contributed by atoms with Gasteiger partial charge in [-0.1, -0.05) is 334 Å². The minimum atomic E-state index is 1.07. The fourth-order valence-corrected chi connectivity index (χ4v) is 16.0. The first-order chi connectivity index (χ1) is 52.5. The van der Waals surface area contributed by atoms with Crippen LogP contribution in [0.5, 0.6) is 0 Å². The molecule has 0 aliphatic heterocycles. The van der Waals surface area contributed by atoms with Crippen molar-refractivity contribution in [2.24, 2.45) is 0 Å². The third-order valence-electron chi connectivity index (χ3n) is 21.3. The zero-order chi connectivity index (χ0) is 70.3. The highest BCUT2D eigenvalue weighted by Gasteiger charge is 2.21. The van der Waals surface area contributed by atoms with Crippen molar-refractivity contribution in [2.75, 3.05) is 9.80 Å². The van der Waals surface area contributed by atoms with Gasteiger partial charge in [0.2, 0.25) is 0 Å². The molecule has 0 aromatic heterocycles. The smallest absolute Gasteiger partial charge is 0.0468 e. The lowest BCUT2D eigenvalue weighted by Crippen LogP contribution is -2.09. The third-order valence-corrected chi connectivity index (χ3v) is 21.3. The molecule has 19 aromatic carbocycles. The summed E-state index contributed by atoms with van der Waals surface area (Å²) in [6.07, 6.45) is 0. The van der Waals surface area contributed by atoms with E-state index in [0.29, 0.717) is 0 Å². The number of hydrogen-bond acceptors (Lipinski definition) is 2. The summed E-state index contributed by atoms with van der Waals surface area (Å²) >= 11 is 0. The average Bonchev–Trinajstić information content (AvgIpc) is 0.791. The fourth-order valence-electron chi connectivity index (χ4n) is 16.0. The highest BCUT2D eigenvalue weighted by atomic mass is 15.1. The molecule has 0 atom stereocenters. The molecule has 0 amide bonds. The van der Waals surface area contributed by atoms with E-state index in [1.54, 1.807) is 0 Å². The summed E-state index contributed by atoms with van der Waals surface area (Å²) in [7, 11) is 0. The largest absolute Gasteiger partial charge is 0.310 e. The Hall–Kier alpha value is -13.9. The quantitative estimate of drug-likeness (QED) is 0.0944. The van der Waals surface area contributed by atoms with E-state index in [1.165, 1.54) is 121 Å². The molecule has 19 aromatic rings. The summed E-state index contributed by atoms with van der Waals surface area (Å²) in [6, 6.07) is 156. The van der Waals surface area contributed by atoms with Crippen LogP contribution in [0.1, 0.15) is 0 Å². The maximum atomic E-state index is 2.40. The van der Waals surface area contributed by atoms with Crippen molar-refractivity contribution in [1.82, 2.24) is 0 Å². The number of nitrogens with zero attached hydrogens (tertiary/aromatic N) is 2. The molecular weight excluding hydrogens is 1280 g/mol. The second-order valence-electron chi connectivity index (χ2n) is 27.5. The SMILES string of the molecule is c1ccc(-c2ccc(N(c3ccc(-c4ccc(-c5ccccc5)c(-c5cccc(-c6cccc7c(-c8ccc(N(c9ccc(-c%10ccc(-c%11ccccc%11)c(-c%11ccccc%11)c%10)cc9)c9ccc%10c(ccc%11ccccc%11%10)c9)cc8)cccc67)c5)c4)cc3)c3ccc4c(ccc5ccccc54)c3)cc2)cc1. The van der Waals surface area contributed by atoms with Crippen molar-refractivity contribution in [3.63, 3.8) is 0 Å². The van der Waals surface area contributed by atoms with Crippen LogP contribution in [0, 0.1) is 0 Å². The Bertz CT molecular complexity index is 6450. The molecule has 0 unspecified atom stereocenters. The molecule has 0 saturated carbocycles. The first kappa shape index (κ1) is 63.0. The van der Waals surface area contributed by atoms with Crippen LogP contribution < -0.4 is 9.80 Å². The highest BCUT2D eigenvalue weighted by Crippen LogP contribution is 2.46. The van der Waals surface area contributed by atoms with E-state index < -0.39 is 0 Å². The van der Waals surface area contributed by atoms with Crippen molar-refractivity contribution < 1.29 is 0 Å². The van der Waals surface area contributed by atoms with E-state index >= 15 is 0 Å². The van der Waals surface area contributed by atoms with Gasteiger partial charge in [0.25, 0.3) is 0 Å². The van der Waals surface area contributed by atoms with Crippen LogP contribution in [-0.4, -0.2) is 0 Å². The predicted molar refractivity (Wildman–Crippen MR) is 452 cm³/mol. The van der Waals surface area contributed by atoms with Gasteiger partial charge in [0.1, 0.15) is 0 Å². The van der Waals surface area contributed by atoms with Crippen LogP contribution in [0.15, 0.2) is 425 Å². The predicted octanol–water partition coefficient (Wildman–Crippen LogP) is 29.4. The van der Waals surface area contributed by atoms with Crippen LogP contribution in [0.25, 0.3) is 154 Å². The second kappa shape index (κ2) is 27.5. The molecule has 2 nitrogen and oxygen atoms in total. The van der Waals surface area contributed by atoms with Crippen LogP contribution in [0.2, 0.25) is 0 Å². The summed E-state index contributed by atoms with van der Waals surface area (Å²) in [5, 5.41) is 12.3. The summed E-state index contributed by atoms with van der Waals surface area (Å²) in [5.74, 6) is 0. The first-order valence-electron chi connectivity index (χ1n) is 36.5. The van der Waals surface area contributed by atoms with Gasteiger partial charge >= 0.3 is 0 Å². The number of anilines is 6. The van der Waals surface area contributed by atoms with Gasteiger partial charge in [-0.2, -0.15) is 0 Å². The summed E-state index contributed by atoms with van der Waals surface area (Å²) in [6.45, 7) is 0. The van der Waals surface area contributed by atoms with E-state index in [4.69, 9.17) is 0 Å². The molecule has 0 radical (unpaired) electrons. The Morgan fingerprint density at radius 2 is 0.387 bits per heavy atom. The van der Waals surface area contributed by atoms with E-state index in [1.807, 2.05) is 0 Å². The Morgan fingerprint density at radius 1 is 0.113 bits per heavy atom. The molecule has 496 valence electrons. The van der Waals surface area contributed by atoms with Crippen LogP contribution in [-0.2, 0) is 0 Å². The minimum Gasteiger partial charge on any atom is -0.310 e. The molecule has 2 heteroatoms. The van der Waals surface area contributed by atoms with Gasteiger partial charge in [-0.25, -0.2) is 0 Å². The first-order valence-corrected chi connectivity index (χ1v) is 36.5. The number of hydrogen-bond donors (Lipinski definition) is 0. The maximum Gasteiger partial charge on any atom is 0.0468 e. The van der Waals surface area contributed by atoms with E-state index in [9.17, 15) is 0 Å². The van der Waals surface area contributed by atoms with Gasteiger partial charge in [0.15, 0.2) is 0 Å². The molecule has 0 heterocycles. The summed E-state index contributed by atoms with van der Waals surface area (Å²) < 4.78 is 0. The molecule has 0 spiro atoms. The molecule has 0 bridgehead atoms. The summed E-state index contributed by atoms with van der Waals surface area (Å²) in [5.41, 5.74) is 27.7. The molecule has 0 aliphatic rings. The minimum absolute atomic E-state index is 1.07. The van der Waals surface area contributed by atoms with Gasteiger partial charge in [-0.3, -0.25) is 0 Å². The zero-order valence-electron chi connectivity index (χ0n) is 58.3. The highest BCUT2D eigenvalue weighted by molar-refractivity contribution is 6.11. The lowest BCUT2D eigenvalue weighted by molar-refractivity contribution is 1.29. The van der Waals surface area contributed by atoms with Gasteiger partial charge in [-0.05, 0) is 245 Å². The van der Waals surface area contributed by atoms with Gasteiger partial charge in [-0.15, -0.1) is 0 Å². The monoisotopic (exact) mass is 1350 g/mol. The molecule has 0 fully saturated rings. The zero-order valence-corrected chi connectivity index (χ0v) is 58.3. The standard InChI is InChI=1S/C104H70N2/c1-5-20-71(21-6-1)72-42-52-87(53-43-72)105(91-60-64-99-85(67-91)40-38-78-28-13-15-32-93(78)99)88-56-46-74(47-57-88)82-51-63-98(76-24-9-3-10-25-76)104(70-82)84-31-17-30-83(66-84)96-35-19-36-101-95(34-18-37-102(96)101)80-48-58-90(59-49-80)106(92-61-65-100-86(68-92)41-39-79-29-14-16-33-94(79)100)89-54-44-73(45-55-89)81-50-62-97(75-22-7-2-8-23-75)103(69-81)77-26-11-4-12-27-77/h1-70H. The molecule has 0 aliphatic carbocycles. The molecule has 0 saturated heterocycles. The van der Waals surface area contributed by atoms with Crippen LogP contribution >= 0.6 is 0 Å². The van der Waals surface area contributed by atoms with Crippen LogP contribution in [0.4, 0.5) is 34.1 Å². The van der Waals surface area contributed by atoms with Crippen molar-refractivity contribution in [3.05, 3.63) is 425 Å². The van der Waals surface area contributed by atoms with Gasteiger partial charge in [0.05, 0.1) is 0 Å². The third kappa shape index (κ3) is 12.0. The number of benzene rings is 19. The average molecular weight is 1350 g/mol. The van der Waals surface area contributed by atoms with Crippen molar-refractivity contribution >= 4 is 88.0 Å². The summed E-state index contributed by atoms with van der Waals surface area (Å²) in [4.78, 5) is 4.78. The van der Waals surface area contributed by atoms with Crippen molar-refractivity contribution in [1.29, 1.82) is 0 Å². The molecule has 106 heavy (non-hydrogen) atoms. The van der Waals surface area contributed by atoms with Crippen molar-refractivity contribution in [2.45, 2.75) is 0 Å². The Morgan fingerprint density at radius 3 is 0.830 bits per heavy atom. The lowest BCUT2D eigenvalue weighted by Gasteiger charge is -2.26. The lowest BCUT2D eigenvalue weighted by atomic mass is 9.88. The van der Waals surface area contributed by atoms with Crippen LogP contribution in [0.3, 0.4) is 0 Å². The molecule has 19 rings (SSSR count). The number of rotatable bonds is 15. The van der Waals surface area contributed by atoms with E-state index in [2.05, 4.69) is 434 Å². The van der Waals surface area contributed by atoms with Gasteiger partial charge < -0.3 is 9.80 Å². The fraction of sp³-hybridized carbons (Fsp3) is 0. The Balaban J connectivity index is 0.652. The van der Waals surface area contributed by atoms with Gasteiger partial charge in [0, 0.05) is 34.1 Å². The van der Waals surface area contributed by atoms with Crippen molar-refractivity contribution in [3.8, 4) is 100 Å². The van der Waals surface area contributed by atoms with E-state index in [-0.39, 0.29) is 0 Å². The van der Waals surface area contributed by atoms with E-state index in [0.717, 1.165) is 67.5 Å². The normalized spacial score (nSPS) is 11.4. The topological polar surface area (TPSA) is 6.48 Å². The number of fused-ring (bicyclic) bond motifs is 7. The molecular formula is C104H70N2. The Kier molecular flexibility index (Phi) is 16.3. The Labute approximate surface area is 618 Å². The molecule has 0 N–H and O–H groups in total. The second-order valence-corrected chi connectivity index (χ2v) is 27.5. The maximum absolute atomic E-state index is 2.40.